The maximum absolute atomic E-state index is 13.0. The van der Waals surface area contributed by atoms with Gasteiger partial charge in [0.25, 0.3) is 10.0 Å². The minimum absolute atomic E-state index is 0. The number of aromatic nitrogens is 1. The molecule has 0 saturated heterocycles. The van der Waals surface area contributed by atoms with Gasteiger partial charge in [0.15, 0.2) is 12.4 Å². The first-order valence-corrected chi connectivity index (χ1v) is 10.9. The highest BCUT2D eigenvalue weighted by Crippen LogP contribution is 2.32. The second kappa shape index (κ2) is 12.9. The van der Waals surface area contributed by atoms with Crippen molar-refractivity contribution in [2.45, 2.75) is 4.90 Å². The molecule has 1 heterocycles. The quantitative estimate of drug-likeness (QED) is 0.334. The summed E-state index contributed by atoms with van der Waals surface area (Å²) in [4.78, 5) is 0.0833. The van der Waals surface area contributed by atoms with Crippen molar-refractivity contribution in [3.63, 3.8) is 0 Å². The van der Waals surface area contributed by atoms with Crippen LogP contribution >= 0.6 is 24.8 Å². The summed E-state index contributed by atoms with van der Waals surface area (Å²) in [6.07, 6.45) is 6.28. The zero-order valence-corrected chi connectivity index (χ0v) is 20.2. The van der Waals surface area contributed by atoms with E-state index in [-0.39, 0.29) is 48.5 Å². The number of sulfonamides is 1. The van der Waals surface area contributed by atoms with Crippen LogP contribution < -0.4 is 24.7 Å². The largest absolute Gasteiger partial charge is 0.619 e. The van der Waals surface area contributed by atoms with Gasteiger partial charge < -0.3 is 20.4 Å². The maximum Gasteiger partial charge on any atom is 0.262 e. The third-order valence-corrected chi connectivity index (χ3v) is 5.69. The summed E-state index contributed by atoms with van der Waals surface area (Å²) in [7, 11) is -2.38. The number of halogens is 2. The Kier molecular flexibility index (Phi) is 11.0. The van der Waals surface area contributed by atoms with Crippen molar-refractivity contribution in [3.05, 3.63) is 83.3 Å². The summed E-state index contributed by atoms with van der Waals surface area (Å²) >= 11 is 0. The molecular formula is C22H25Cl2N3O5S. The van der Waals surface area contributed by atoms with E-state index in [0.717, 1.165) is 5.56 Å². The summed E-state index contributed by atoms with van der Waals surface area (Å²) in [5.74, 6) is 0.909. The smallest absolute Gasteiger partial charge is 0.262 e. The molecule has 178 valence electrons. The van der Waals surface area contributed by atoms with Crippen LogP contribution in [0, 0.1) is 5.21 Å². The molecule has 0 fully saturated rings. The molecule has 0 bridgehead atoms. The second-order valence-electron chi connectivity index (χ2n) is 6.46. The van der Waals surface area contributed by atoms with Gasteiger partial charge in [0, 0.05) is 24.2 Å². The van der Waals surface area contributed by atoms with E-state index >= 15 is 0 Å². The molecular weight excluding hydrogens is 489 g/mol. The molecule has 0 aliphatic rings. The third-order valence-electron chi connectivity index (χ3n) is 4.32. The van der Waals surface area contributed by atoms with Gasteiger partial charge in [-0.1, -0.05) is 24.3 Å². The van der Waals surface area contributed by atoms with Gasteiger partial charge in [0.1, 0.15) is 18.1 Å². The van der Waals surface area contributed by atoms with Crippen LogP contribution in [0.4, 0.5) is 5.69 Å². The summed E-state index contributed by atoms with van der Waals surface area (Å²) in [6, 6.07) is 14.6. The Bertz CT molecular complexity index is 1160. The Labute approximate surface area is 205 Å². The Hall–Kier alpha value is -2.98. The predicted molar refractivity (Wildman–Crippen MR) is 134 cm³/mol. The number of hydrogen-bond acceptors (Lipinski definition) is 6. The van der Waals surface area contributed by atoms with Crippen molar-refractivity contribution in [3.8, 4) is 11.5 Å². The van der Waals surface area contributed by atoms with E-state index in [0.29, 0.717) is 21.8 Å². The number of nitrogens with two attached hydrogens (primary N) is 1. The van der Waals surface area contributed by atoms with E-state index in [1.54, 1.807) is 54.6 Å². The standard InChI is InChI=1S/C22H23N3O5S.2ClH/c1-29-19-7-9-20(10-8-19)31(27,28)24-22-18(3-2-4-21(22)30-16-13-23)6-5-17-11-14-25(26)15-12-17;;/h2-12,14-15,24H,13,16,23H2,1H3;2*1H/b6-5+;;. The number of benzene rings is 2. The molecule has 0 unspecified atom stereocenters. The summed E-state index contributed by atoms with van der Waals surface area (Å²) in [5, 5.41) is 11.2. The van der Waals surface area contributed by atoms with E-state index < -0.39 is 10.0 Å². The number of methoxy groups -OCH3 is 1. The highest BCUT2D eigenvalue weighted by Gasteiger charge is 2.19. The molecule has 3 rings (SSSR count). The molecule has 0 aliphatic heterocycles. The van der Waals surface area contributed by atoms with Crippen molar-refractivity contribution >= 4 is 52.7 Å². The van der Waals surface area contributed by atoms with Crippen molar-refractivity contribution in [2.75, 3.05) is 25.0 Å². The Morgan fingerprint density at radius 1 is 1.03 bits per heavy atom. The normalized spacial score (nSPS) is 10.7. The molecule has 1 aromatic heterocycles. The van der Waals surface area contributed by atoms with Crippen LogP contribution in [0.1, 0.15) is 11.1 Å². The summed E-state index contributed by atoms with van der Waals surface area (Å²) in [5.41, 5.74) is 7.20. The van der Waals surface area contributed by atoms with E-state index in [4.69, 9.17) is 15.2 Å². The topological polar surface area (TPSA) is 118 Å². The number of nitrogens with one attached hydrogen (secondary N) is 1. The number of anilines is 1. The summed E-state index contributed by atoms with van der Waals surface area (Å²) in [6.45, 7) is 0.510. The Balaban J connectivity index is 0.00000272. The van der Waals surface area contributed by atoms with Crippen molar-refractivity contribution in [1.29, 1.82) is 0 Å². The van der Waals surface area contributed by atoms with E-state index in [1.165, 1.54) is 31.6 Å². The molecule has 0 saturated carbocycles. The average Bonchev–Trinajstić information content (AvgIpc) is 2.78. The van der Waals surface area contributed by atoms with Gasteiger partial charge in [-0.05, 0) is 35.9 Å². The number of ether oxygens (including phenoxy) is 2. The molecule has 3 aromatic rings. The van der Waals surface area contributed by atoms with Crippen molar-refractivity contribution in [2.24, 2.45) is 5.73 Å². The van der Waals surface area contributed by atoms with Gasteiger partial charge >= 0.3 is 0 Å². The lowest BCUT2D eigenvalue weighted by Gasteiger charge is -2.16. The maximum atomic E-state index is 13.0. The van der Waals surface area contributed by atoms with Gasteiger partial charge in [0.05, 0.1) is 17.7 Å². The van der Waals surface area contributed by atoms with E-state index in [9.17, 15) is 13.6 Å². The molecule has 2 aromatic carbocycles. The van der Waals surface area contributed by atoms with Crippen LogP contribution in [-0.2, 0) is 10.0 Å². The molecule has 33 heavy (non-hydrogen) atoms. The van der Waals surface area contributed by atoms with Crippen LogP contribution in [0.5, 0.6) is 11.5 Å². The number of para-hydroxylation sites is 1. The molecule has 8 nitrogen and oxygen atoms in total. The first-order chi connectivity index (χ1) is 14.9. The van der Waals surface area contributed by atoms with Crippen LogP contribution in [0.25, 0.3) is 12.2 Å². The zero-order valence-electron chi connectivity index (χ0n) is 17.7. The molecule has 0 radical (unpaired) electrons. The third kappa shape index (κ3) is 7.54. The molecule has 0 spiro atoms. The van der Waals surface area contributed by atoms with E-state index in [2.05, 4.69) is 4.72 Å². The fourth-order valence-corrected chi connectivity index (χ4v) is 3.85. The van der Waals surface area contributed by atoms with Crippen LogP contribution in [-0.4, -0.2) is 28.7 Å². The minimum atomic E-state index is -3.89. The van der Waals surface area contributed by atoms with Gasteiger partial charge in [-0.15, -0.1) is 24.8 Å². The van der Waals surface area contributed by atoms with Crippen molar-refractivity contribution < 1.29 is 22.6 Å². The monoisotopic (exact) mass is 513 g/mol. The summed E-state index contributed by atoms with van der Waals surface area (Å²) < 4.78 is 40.1. The lowest BCUT2D eigenvalue weighted by Crippen LogP contribution is -2.23. The first kappa shape index (κ1) is 28.1. The fourth-order valence-electron chi connectivity index (χ4n) is 2.75. The SMILES string of the molecule is COc1ccc(S(=O)(=O)Nc2c(/C=C/c3cc[n+]([O-])cc3)cccc2OCCN)cc1.Cl.Cl. The van der Waals surface area contributed by atoms with Crippen LogP contribution in [0.3, 0.4) is 0 Å². The molecule has 0 aliphatic carbocycles. The van der Waals surface area contributed by atoms with Gasteiger partial charge in [-0.25, -0.2) is 8.42 Å². The van der Waals surface area contributed by atoms with Gasteiger partial charge in [-0.2, -0.15) is 4.73 Å². The molecule has 3 N–H and O–H groups in total. The number of hydrogen-bond donors (Lipinski definition) is 2. The molecule has 11 heteroatoms. The minimum Gasteiger partial charge on any atom is -0.619 e. The number of pyridine rings is 1. The van der Waals surface area contributed by atoms with Crippen LogP contribution in [0.2, 0.25) is 0 Å². The fraction of sp³-hybridized carbons (Fsp3) is 0.136. The Morgan fingerprint density at radius 3 is 2.30 bits per heavy atom. The number of nitrogens with zero attached hydrogens (tertiary/aromatic N) is 1. The molecule has 0 amide bonds. The first-order valence-electron chi connectivity index (χ1n) is 9.42. The zero-order chi connectivity index (χ0) is 22.3. The number of rotatable bonds is 9. The second-order valence-corrected chi connectivity index (χ2v) is 8.15. The van der Waals surface area contributed by atoms with Gasteiger partial charge in [0.2, 0.25) is 0 Å². The Morgan fingerprint density at radius 2 is 1.70 bits per heavy atom. The predicted octanol–water partition coefficient (Wildman–Crippen LogP) is 3.48. The average molecular weight is 514 g/mol. The lowest BCUT2D eigenvalue weighted by molar-refractivity contribution is -0.605. The van der Waals surface area contributed by atoms with Gasteiger partial charge in [-0.3, -0.25) is 4.72 Å². The van der Waals surface area contributed by atoms with E-state index in [1.807, 2.05) is 0 Å². The van der Waals surface area contributed by atoms with Crippen molar-refractivity contribution in [1.82, 2.24) is 0 Å². The molecule has 0 atom stereocenters. The lowest BCUT2D eigenvalue weighted by atomic mass is 10.1. The highest BCUT2D eigenvalue weighted by molar-refractivity contribution is 7.92. The van der Waals surface area contributed by atoms with Crippen LogP contribution in [0.15, 0.2) is 71.9 Å². The highest BCUT2D eigenvalue weighted by atomic mass is 35.5.